The monoisotopic (exact) mass is 275 g/mol. The Bertz CT molecular complexity index is 522. The highest BCUT2D eigenvalue weighted by molar-refractivity contribution is 7.09. The maximum atomic E-state index is 4.56. The Morgan fingerprint density at radius 2 is 2.21 bits per heavy atom. The summed E-state index contributed by atoms with van der Waals surface area (Å²) in [4.78, 5) is 9.11. The molecule has 0 saturated carbocycles. The van der Waals surface area contributed by atoms with Gasteiger partial charge in [-0.2, -0.15) is 0 Å². The van der Waals surface area contributed by atoms with Gasteiger partial charge in [-0.1, -0.05) is 13.0 Å². The Morgan fingerprint density at radius 3 is 2.84 bits per heavy atom. The molecule has 0 bridgehead atoms. The van der Waals surface area contributed by atoms with Crippen LogP contribution in [0.25, 0.3) is 0 Å². The van der Waals surface area contributed by atoms with Crippen LogP contribution in [0.1, 0.15) is 41.3 Å². The van der Waals surface area contributed by atoms with Crippen molar-refractivity contribution in [1.29, 1.82) is 0 Å². The first-order valence-electron chi connectivity index (χ1n) is 6.76. The molecule has 0 aliphatic heterocycles. The summed E-state index contributed by atoms with van der Waals surface area (Å²) < 4.78 is 0. The van der Waals surface area contributed by atoms with Crippen LogP contribution in [0.4, 0.5) is 0 Å². The molecule has 0 aliphatic rings. The van der Waals surface area contributed by atoms with E-state index in [1.165, 1.54) is 5.56 Å². The van der Waals surface area contributed by atoms with E-state index in [0.717, 1.165) is 35.8 Å². The summed E-state index contributed by atoms with van der Waals surface area (Å²) in [5, 5.41) is 6.86. The van der Waals surface area contributed by atoms with Gasteiger partial charge in [0.25, 0.3) is 0 Å². The predicted octanol–water partition coefficient (Wildman–Crippen LogP) is 3.44. The average molecular weight is 275 g/mol. The minimum absolute atomic E-state index is 0.252. The lowest BCUT2D eigenvalue weighted by Gasteiger charge is -2.18. The van der Waals surface area contributed by atoms with Crippen molar-refractivity contribution in [3.05, 3.63) is 45.7 Å². The van der Waals surface area contributed by atoms with Crippen molar-refractivity contribution in [2.75, 3.05) is 6.54 Å². The highest BCUT2D eigenvalue weighted by Gasteiger charge is 2.16. The molecule has 2 heterocycles. The Labute approximate surface area is 119 Å². The second kappa shape index (κ2) is 6.78. The van der Waals surface area contributed by atoms with Gasteiger partial charge in [0.1, 0.15) is 0 Å². The Hall–Kier alpha value is -1.26. The summed E-state index contributed by atoms with van der Waals surface area (Å²) in [6.45, 7) is 7.36. The standard InChI is InChI=1S/C15H21N3S/c1-4-7-16-14(9-13-10-19-12(3)18-13)15-11(2)6-5-8-17-15/h5-6,8,10,14,16H,4,7,9H2,1-3H3. The lowest BCUT2D eigenvalue weighted by molar-refractivity contribution is 0.511. The fraction of sp³-hybridized carbons (Fsp3) is 0.467. The lowest BCUT2D eigenvalue weighted by atomic mass is 10.0. The van der Waals surface area contributed by atoms with Gasteiger partial charge >= 0.3 is 0 Å². The van der Waals surface area contributed by atoms with E-state index in [4.69, 9.17) is 0 Å². The normalized spacial score (nSPS) is 12.6. The number of nitrogens with one attached hydrogen (secondary N) is 1. The quantitative estimate of drug-likeness (QED) is 0.877. The molecular weight excluding hydrogens is 254 g/mol. The third-order valence-electron chi connectivity index (χ3n) is 3.10. The SMILES string of the molecule is CCCNC(Cc1csc(C)n1)c1ncccc1C. The first kappa shape index (κ1) is 14.2. The molecule has 2 aromatic heterocycles. The van der Waals surface area contributed by atoms with E-state index in [0.29, 0.717) is 0 Å². The lowest BCUT2D eigenvalue weighted by Crippen LogP contribution is -2.25. The summed E-state index contributed by atoms with van der Waals surface area (Å²) in [5.74, 6) is 0. The molecule has 2 aromatic rings. The molecule has 0 fully saturated rings. The van der Waals surface area contributed by atoms with Crippen molar-refractivity contribution >= 4 is 11.3 Å². The minimum Gasteiger partial charge on any atom is -0.308 e. The zero-order valence-corrected chi connectivity index (χ0v) is 12.6. The van der Waals surface area contributed by atoms with Crippen LogP contribution in [0.5, 0.6) is 0 Å². The molecule has 19 heavy (non-hydrogen) atoms. The van der Waals surface area contributed by atoms with E-state index in [-0.39, 0.29) is 6.04 Å². The fourth-order valence-electron chi connectivity index (χ4n) is 2.16. The van der Waals surface area contributed by atoms with Crippen LogP contribution in [0, 0.1) is 13.8 Å². The first-order chi connectivity index (χ1) is 9.20. The molecule has 1 N–H and O–H groups in total. The average Bonchev–Trinajstić information content (AvgIpc) is 2.81. The molecule has 0 aromatic carbocycles. The first-order valence-corrected chi connectivity index (χ1v) is 7.64. The third-order valence-corrected chi connectivity index (χ3v) is 3.92. The van der Waals surface area contributed by atoms with Crippen LogP contribution in [0.2, 0.25) is 0 Å². The third kappa shape index (κ3) is 3.85. The van der Waals surface area contributed by atoms with Crippen molar-refractivity contribution < 1.29 is 0 Å². The molecule has 1 atom stereocenters. The summed E-state index contributed by atoms with van der Waals surface area (Å²) in [5.41, 5.74) is 3.53. The van der Waals surface area contributed by atoms with Crippen molar-refractivity contribution in [3.63, 3.8) is 0 Å². The van der Waals surface area contributed by atoms with Crippen molar-refractivity contribution in [1.82, 2.24) is 15.3 Å². The maximum absolute atomic E-state index is 4.56. The van der Waals surface area contributed by atoms with Crippen LogP contribution < -0.4 is 5.32 Å². The highest BCUT2D eigenvalue weighted by atomic mass is 32.1. The number of nitrogens with zero attached hydrogens (tertiary/aromatic N) is 2. The van der Waals surface area contributed by atoms with E-state index in [1.54, 1.807) is 11.3 Å². The molecule has 0 amide bonds. The molecule has 0 spiro atoms. The number of aryl methyl sites for hydroxylation is 2. The van der Waals surface area contributed by atoms with Crippen molar-refractivity contribution in [2.45, 2.75) is 39.7 Å². The largest absolute Gasteiger partial charge is 0.308 e. The molecule has 0 radical (unpaired) electrons. The second-order valence-corrected chi connectivity index (χ2v) is 5.84. The van der Waals surface area contributed by atoms with Gasteiger partial charge in [-0.15, -0.1) is 11.3 Å². The van der Waals surface area contributed by atoms with E-state index in [2.05, 4.69) is 47.5 Å². The van der Waals surface area contributed by atoms with E-state index < -0.39 is 0 Å². The Balaban J connectivity index is 2.18. The second-order valence-electron chi connectivity index (χ2n) is 4.77. The minimum atomic E-state index is 0.252. The maximum Gasteiger partial charge on any atom is 0.0897 e. The molecule has 0 aliphatic carbocycles. The number of hydrogen-bond donors (Lipinski definition) is 1. The zero-order chi connectivity index (χ0) is 13.7. The number of aromatic nitrogens is 2. The van der Waals surface area contributed by atoms with E-state index >= 15 is 0 Å². The van der Waals surface area contributed by atoms with Gasteiger partial charge in [-0.25, -0.2) is 4.98 Å². The smallest absolute Gasteiger partial charge is 0.0897 e. The van der Waals surface area contributed by atoms with Gasteiger partial charge in [0, 0.05) is 18.0 Å². The number of thiazole rings is 1. The van der Waals surface area contributed by atoms with Crippen LogP contribution >= 0.6 is 11.3 Å². The summed E-state index contributed by atoms with van der Waals surface area (Å²) in [7, 11) is 0. The highest BCUT2D eigenvalue weighted by Crippen LogP contribution is 2.20. The number of hydrogen-bond acceptors (Lipinski definition) is 4. The van der Waals surface area contributed by atoms with Crippen LogP contribution in [0.3, 0.4) is 0 Å². The molecule has 102 valence electrons. The molecule has 3 nitrogen and oxygen atoms in total. The predicted molar refractivity (Wildman–Crippen MR) is 80.6 cm³/mol. The number of rotatable bonds is 6. The van der Waals surface area contributed by atoms with Crippen LogP contribution in [-0.2, 0) is 6.42 Å². The topological polar surface area (TPSA) is 37.8 Å². The van der Waals surface area contributed by atoms with Gasteiger partial charge in [-0.3, -0.25) is 4.98 Å². The fourth-order valence-corrected chi connectivity index (χ4v) is 2.78. The van der Waals surface area contributed by atoms with Crippen LogP contribution in [-0.4, -0.2) is 16.5 Å². The molecule has 0 saturated heterocycles. The van der Waals surface area contributed by atoms with Gasteiger partial charge in [0.05, 0.1) is 22.4 Å². The summed E-state index contributed by atoms with van der Waals surface area (Å²) in [6.07, 6.45) is 3.90. The van der Waals surface area contributed by atoms with Crippen molar-refractivity contribution in [3.8, 4) is 0 Å². The molecule has 1 unspecified atom stereocenters. The summed E-state index contributed by atoms with van der Waals surface area (Å²) >= 11 is 1.71. The van der Waals surface area contributed by atoms with Gasteiger partial charge in [0.2, 0.25) is 0 Å². The van der Waals surface area contributed by atoms with E-state index in [9.17, 15) is 0 Å². The molecular formula is C15H21N3S. The van der Waals surface area contributed by atoms with Gasteiger partial charge in [-0.05, 0) is 38.4 Å². The molecule has 4 heteroatoms. The van der Waals surface area contributed by atoms with E-state index in [1.807, 2.05) is 12.3 Å². The zero-order valence-electron chi connectivity index (χ0n) is 11.8. The number of pyridine rings is 1. The Morgan fingerprint density at radius 1 is 1.37 bits per heavy atom. The van der Waals surface area contributed by atoms with Gasteiger partial charge in [0.15, 0.2) is 0 Å². The molecule has 2 rings (SSSR count). The van der Waals surface area contributed by atoms with Gasteiger partial charge < -0.3 is 5.32 Å². The summed E-state index contributed by atoms with van der Waals surface area (Å²) in [6, 6.07) is 4.36. The van der Waals surface area contributed by atoms with Crippen molar-refractivity contribution in [2.24, 2.45) is 0 Å². The Kier molecular flexibility index (Phi) is 5.05. The van der Waals surface area contributed by atoms with Crippen LogP contribution in [0.15, 0.2) is 23.7 Å².